The van der Waals surface area contributed by atoms with Crippen LogP contribution in [0, 0.1) is 0 Å². The van der Waals surface area contributed by atoms with Crippen LogP contribution in [0.5, 0.6) is 0 Å². The van der Waals surface area contributed by atoms with E-state index in [4.69, 9.17) is 5.73 Å². The van der Waals surface area contributed by atoms with E-state index in [0.29, 0.717) is 12.6 Å². The van der Waals surface area contributed by atoms with Gasteiger partial charge in [-0.1, -0.05) is 38.1 Å². The molecule has 0 aromatic heterocycles. The van der Waals surface area contributed by atoms with Crippen LogP contribution in [-0.2, 0) is 6.54 Å². The van der Waals surface area contributed by atoms with Crippen LogP contribution in [0.4, 0.5) is 0 Å². The summed E-state index contributed by atoms with van der Waals surface area (Å²) in [6.07, 6.45) is 1.20. The summed E-state index contributed by atoms with van der Waals surface area (Å²) in [4.78, 5) is 2.10. The van der Waals surface area contributed by atoms with Crippen molar-refractivity contribution in [1.82, 2.24) is 4.90 Å². The fraction of sp³-hybridized carbons (Fsp3) is 0.538. The molecule has 1 aromatic carbocycles. The summed E-state index contributed by atoms with van der Waals surface area (Å²) < 4.78 is 0. The first-order valence-electron chi connectivity index (χ1n) is 5.64. The number of hydrogen-bond donors (Lipinski definition) is 1. The SMILES string of the molecule is CCC(C)c1ccc(CN(C)CN)cc1. The van der Waals surface area contributed by atoms with Crippen LogP contribution in [0.3, 0.4) is 0 Å². The summed E-state index contributed by atoms with van der Waals surface area (Å²) in [6, 6.07) is 8.86. The van der Waals surface area contributed by atoms with E-state index in [0.717, 1.165) is 6.54 Å². The molecule has 1 aromatic rings. The Balaban J connectivity index is 2.64. The molecule has 0 amide bonds. The van der Waals surface area contributed by atoms with Crippen LogP contribution in [0.2, 0.25) is 0 Å². The number of rotatable bonds is 5. The highest BCUT2D eigenvalue weighted by molar-refractivity contribution is 5.24. The molecule has 1 atom stereocenters. The van der Waals surface area contributed by atoms with Gasteiger partial charge in [0.1, 0.15) is 0 Å². The van der Waals surface area contributed by atoms with Gasteiger partial charge in [0.15, 0.2) is 0 Å². The van der Waals surface area contributed by atoms with Crippen molar-refractivity contribution in [2.75, 3.05) is 13.7 Å². The Morgan fingerprint density at radius 3 is 2.33 bits per heavy atom. The zero-order valence-corrected chi connectivity index (χ0v) is 10.0. The lowest BCUT2D eigenvalue weighted by Gasteiger charge is -2.14. The number of nitrogens with zero attached hydrogens (tertiary/aromatic N) is 1. The maximum atomic E-state index is 5.55. The van der Waals surface area contributed by atoms with E-state index in [1.54, 1.807) is 0 Å². The number of benzene rings is 1. The highest BCUT2D eigenvalue weighted by Gasteiger charge is 2.03. The fourth-order valence-electron chi connectivity index (χ4n) is 1.56. The Labute approximate surface area is 93.1 Å². The topological polar surface area (TPSA) is 29.3 Å². The Kier molecular flexibility index (Phi) is 4.79. The molecule has 0 radical (unpaired) electrons. The highest BCUT2D eigenvalue weighted by Crippen LogP contribution is 2.18. The molecule has 0 aliphatic carbocycles. The van der Waals surface area contributed by atoms with Crippen molar-refractivity contribution in [2.24, 2.45) is 5.73 Å². The van der Waals surface area contributed by atoms with Crippen LogP contribution in [-0.4, -0.2) is 18.6 Å². The lowest BCUT2D eigenvalue weighted by atomic mass is 9.98. The molecule has 0 bridgehead atoms. The molecule has 0 aliphatic heterocycles. The standard InChI is InChI=1S/C13H22N2/c1-4-11(2)13-7-5-12(6-8-13)9-15(3)10-14/h5-8,11H,4,9-10,14H2,1-3H3. The van der Waals surface area contributed by atoms with Crippen LogP contribution in [0.25, 0.3) is 0 Å². The van der Waals surface area contributed by atoms with Crippen molar-refractivity contribution in [3.63, 3.8) is 0 Å². The van der Waals surface area contributed by atoms with E-state index in [1.807, 2.05) is 7.05 Å². The number of nitrogens with two attached hydrogens (primary N) is 1. The van der Waals surface area contributed by atoms with Crippen molar-refractivity contribution in [1.29, 1.82) is 0 Å². The molecule has 15 heavy (non-hydrogen) atoms. The minimum atomic E-state index is 0.604. The zero-order valence-electron chi connectivity index (χ0n) is 10.0. The van der Waals surface area contributed by atoms with Crippen molar-refractivity contribution in [3.8, 4) is 0 Å². The van der Waals surface area contributed by atoms with Gasteiger partial charge in [0, 0.05) is 13.2 Å². The van der Waals surface area contributed by atoms with Gasteiger partial charge in [-0.2, -0.15) is 0 Å². The van der Waals surface area contributed by atoms with Gasteiger partial charge < -0.3 is 5.73 Å². The first kappa shape index (κ1) is 12.2. The molecule has 2 heteroatoms. The first-order chi connectivity index (χ1) is 7.17. The molecule has 0 heterocycles. The molecule has 0 aliphatic rings. The smallest absolute Gasteiger partial charge is 0.0455 e. The third-order valence-corrected chi connectivity index (χ3v) is 2.93. The molecule has 2 nitrogen and oxygen atoms in total. The lowest BCUT2D eigenvalue weighted by molar-refractivity contribution is 0.337. The molecule has 1 unspecified atom stereocenters. The minimum absolute atomic E-state index is 0.604. The van der Waals surface area contributed by atoms with E-state index in [2.05, 4.69) is 43.0 Å². The molecule has 2 N–H and O–H groups in total. The van der Waals surface area contributed by atoms with Gasteiger partial charge >= 0.3 is 0 Å². The van der Waals surface area contributed by atoms with E-state index >= 15 is 0 Å². The average molecular weight is 206 g/mol. The largest absolute Gasteiger partial charge is 0.318 e. The fourth-order valence-corrected chi connectivity index (χ4v) is 1.56. The summed E-state index contributed by atoms with van der Waals surface area (Å²) in [5.41, 5.74) is 8.30. The Hall–Kier alpha value is -0.860. The second kappa shape index (κ2) is 5.89. The van der Waals surface area contributed by atoms with Gasteiger partial charge in [-0.05, 0) is 30.5 Å². The maximum Gasteiger partial charge on any atom is 0.0455 e. The van der Waals surface area contributed by atoms with Gasteiger partial charge in [0.2, 0.25) is 0 Å². The summed E-state index contributed by atoms with van der Waals surface area (Å²) in [5, 5.41) is 0. The Morgan fingerprint density at radius 2 is 1.87 bits per heavy atom. The Morgan fingerprint density at radius 1 is 1.27 bits per heavy atom. The normalized spacial score (nSPS) is 13.1. The molecule has 1 rings (SSSR count). The second-order valence-electron chi connectivity index (χ2n) is 4.25. The summed E-state index contributed by atoms with van der Waals surface area (Å²) in [5.74, 6) is 0.659. The van der Waals surface area contributed by atoms with Crippen LogP contribution >= 0.6 is 0 Å². The Bertz CT molecular complexity index is 279. The second-order valence-corrected chi connectivity index (χ2v) is 4.25. The minimum Gasteiger partial charge on any atom is -0.318 e. The van der Waals surface area contributed by atoms with Crippen LogP contribution < -0.4 is 5.73 Å². The van der Waals surface area contributed by atoms with E-state index in [1.165, 1.54) is 17.5 Å². The molecular weight excluding hydrogens is 184 g/mol. The van der Waals surface area contributed by atoms with Crippen molar-refractivity contribution >= 4 is 0 Å². The molecule has 0 saturated heterocycles. The van der Waals surface area contributed by atoms with Gasteiger partial charge in [-0.3, -0.25) is 4.90 Å². The quantitative estimate of drug-likeness (QED) is 0.750. The van der Waals surface area contributed by atoms with Crippen molar-refractivity contribution < 1.29 is 0 Å². The predicted molar refractivity (Wildman–Crippen MR) is 65.7 cm³/mol. The van der Waals surface area contributed by atoms with Crippen LogP contribution in [0.1, 0.15) is 37.3 Å². The molecule has 0 fully saturated rings. The predicted octanol–water partition coefficient (Wildman–Crippen LogP) is 2.55. The summed E-state index contributed by atoms with van der Waals surface area (Å²) >= 11 is 0. The average Bonchev–Trinajstić information content (AvgIpc) is 2.29. The van der Waals surface area contributed by atoms with Gasteiger partial charge in [-0.15, -0.1) is 0 Å². The van der Waals surface area contributed by atoms with Crippen molar-refractivity contribution in [2.45, 2.75) is 32.7 Å². The molecule has 84 valence electrons. The van der Waals surface area contributed by atoms with Gasteiger partial charge in [0.25, 0.3) is 0 Å². The van der Waals surface area contributed by atoms with Gasteiger partial charge in [-0.25, -0.2) is 0 Å². The third-order valence-electron chi connectivity index (χ3n) is 2.93. The first-order valence-corrected chi connectivity index (χ1v) is 5.64. The third kappa shape index (κ3) is 3.65. The van der Waals surface area contributed by atoms with E-state index in [9.17, 15) is 0 Å². The number of hydrogen-bond acceptors (Lipinski definition) is 2. The highest BCUT2D eigenvalue weighted by atomic mass is 15.1. The van der Waals surface area contributed by atoms with E-state index in [-0.39, 0.29) is 0 Å². The van der Waals surface area contributed by atoms with Crippen molar-refractivity contribution in [3.05, 3.63) is 35.4 Å². The monoisotopic (exact) mass is 206 g/mol. The molecule has 0 spiro atoms. The summed E-state index contributed by atoms with van der Waals surface area (Å²) in [6.45, 7) is 6.02. The zero-order chi connectivity index (χ0) is 11.3. The van der Waals surface area contributed by atoms with Crippen LogP contribution in [0.15, 0.2) is 24.3 Å². The van der Waals surface area contributed by atoms with E-state index < -0.39 is 0 Å². The summed E-state index contributed by atoms with van der Waals surface area (Å²) in [7, 11) is 2.03. The van der Waals surface area contributed by atoms with Gasteiger partial charge in [0.05, 0.1) is 0 Å². The lowest BCUT2D eigenvalue weighted by Crippen LogP contribution is -2.24. The maximum absolute atomic E-state index is 5.55. The molecular formula is C13H22N2. The molecule has 0 saturated carbocycles.